The normalized spacial score (nSPS) is 24.1. The summed E-state index contributed by atoms with van der Waals surface area (Å²) in [6, 6.07) is 0. The average molecular weight is 171 g/mol. The maximum Gasteiger partial charge on any atom is 0.312 e. The molecule has 0 aromatic heterocycles. The fourth-order valence-electron chi connectivity index (χ4n) is 1.06. The third-order valence-electron chi connectivity index (χ3n) is 1.88. The van der Waals surface area contributed by atoms with Gasteiger partial charge in [0, 0.05) is 0 Å². The van der Waals surface area contributed by atoms with Crippen LogP contribution in [0.2, 0.25) is 0 Å². The minimum absolute atomic E-state index is 0.0447. The molecular weight excluding hydrogens is 154 g/mol. The van der Waals surface area contributed by atoms with Gasteiger partial charge in [-0.15, -0.1) is 0 Å². The van der Waals surface area contributed by atoms with Crippen LogP contribution < -0.4 is 5.32 Å². The molecule has 3 heteroatoms. The summed E-state index contributed by atoms with van der Waals surface area (Å²) in [7, 11) is 0. The number of ether oxygens (including phenoxy) is 1. The Hall–Kier alpha value is -0.570. The molecule has 1 fully saturated rings. The van der Waals surface area contributed by atoms with Gasteiger partial charge in [0.25, 0.3) is 0 Å². The molecule has 1 aliphatic rings. The summed E-state index contributed by atoms with van der Waals surface area (Å²) in [4.78, 5) is 11.4. The van der Waals surface area contributed by atoms with Crippen LogP contribution in [0.3, 0.4) is 0 Å². The zero-order valence-electron chi connectivity index (χ0n) is 8.02. The van der Waals surface area contributed by atoms with E-state index in [0.29, 0.717) is 0 Å². The van der Waals surface area contributed by atoms with Gasteiger partial charge in [-0.2, -0.15) is 0 Å². The first-order chi connectivity index (χ1) is 5.50. The minimum atomic E-state index is -0.385. The smallest absolute Gasteiger partial charge is 0.312 e. The number of hydrogen-bond donors (Lipinski definition) is 1. The lowest BCUT2D eigenvalue weighted by molar-refractivity contribution is -0.159. The largest absolute Gasteiger partial charge is 0.446 e. The van der Waals surface area contributed by atoms with Gasteiger partial charge < -0.3 is 4.74 Å². The SMILES string of the molecule is CC(C)(C)C(=O)OC1CCCN1. The van der Waals surface area contributed by atoms with Crippen molar-refractivity contribution < 1.29 is 9.53 Å². The van der Waals surface area contributed by atoms with Crippen LogP contribution in [0.4, 0.5) is 0 Å². The molecule has 70 valence electrons. The maximum atomic E-state index is 11.4. The van der Waals surface area contributed by atoms with Gasteiger partial charge in [0.2, 0.25) is 0 Å². The van der Waals surface area contributed by atoms with Gasteiger partial charge in [-0.3, -0.25) is 10.1 Å². The molecule has 1 heterocycles. The van der Waals surface area contributed by atoms with Gasteiger partial charge in [0.1, 0.15) is 0 Å². The van der Waals surface area contributed by atoms with Gasteiger partial charge in [-0.05, 0) is 40.2 Å². The molecule has 1 saturated heterocycles. The second-order valence-corrected chi connectivity index (χ2v) is 4.24. The van der Waals surface area contributed by atoms with Crippen molar-refractivity contribution in [1.82, 2.24) is 5.32 Å². The lowest BCUT2D eigenvalue weighted by Crippen LogP contribution is -2.33. The summed E-state index contributed by atoms with van der Waals surface area (Å²) < 4.78 is 5.23. The van der Waals surface area contributed by atoms with E-state index >= 15 is 0 Å². The van der Waals surface area contributed by atoms with Crippen molar-refractivity contribution in [2.24, 2.45) is 5.41 Å². The highest BCUT2D eigenvalue weighted by atomic mass is 16.6. The zero-order chi connectivity index (χ0) is 9.19. The molecule has 1 atom stereocenters. The highest BCUT2D eigenvalue weighted by Crippen LogP contribution is 2.18. The zero-order valence-corrected chi connectivity index (χ0v) is 8.02. The monoisotopic (exact) mass is 171 g/mol. The molecule has 0 bridgehead atoms. The van der Waals surface area contributed by atoms with Crippen molar-refractivity contribution in [2.45, 2.75) is 39.8 Å². The van der Waals surface area contributed by atoms with Gasteiger partial charge in [0.15, 0.2) is 6.23 Å². The van der Waals surface area contributed by atoms with Crippen molar-refractivity contribution in [3.05, 3.63) is 0 Å². The molecule has 1 unspecified atom stereocenters. The van der Waals surface area contributed by atoms with E-state index in [2.05, 4.69) is 5.32 Å². The average Bonchev–Trinajstić information content (AvgIpc) is 2.37. The third kappa shape index (κ3) is 2.48. The van der Waals surface area contributed by atoms with Crippen LogP contribution in [0, 0.1) is 5.41 Å². The van der Waals surface area contributed by atoms with Crippen LogP contribution >= 0.6 is 0 Å². The second-order valence-electron chi connectivity index (χ2n) is 4.24. The van der Waals surface area contributed by atoms with Gasteiger partial charge in [0.05, 0.1) is 5.41 Å². The molecule has 12 heavy (non-hydrogen) atoms. The number of hydrogen-bond acceptors (Lipinski definition) is 3. The van der Waals surface area contributed by atoms with Crippen molar-refractivity contribution in [3.8, 4) is 0 Å². The van der Waals surface area contributed by atoms with E-state index < -0.39 is 0 Å². The minimum Gasteiger partial charge on any atom is -0.446 e. The first-order valence-corrected chi connectivity index (χ1v) is 4.44. The molecule has 0 saturated carbocycles. The van der Waals surface area contributed by atoms with Crippen LogP contribution in [0.5, 0.6) is 0 Å². The highest BCUT2D eigenvalue weighted by molar-refractivity contribution is 5.75. The number of esters is 1. The Labute approximate surface area is 73.5 Å². The van der Waals surface area contributed by atoms with Crippen LogP contribution in [0.15, 0.2) is 0 Å². The predicted octanol–water partition coefficient (Wildman–Crippen LogP) is 1.29. The third-order valence-corrected chi connectivity index (χ3v) is 1.88. The summed E-state index contributed by atoms with van der Waals surface area (Å²) in [5.41, 5.74) is -0.385. The number of carbonyl (C=O) groups excluding carboxylic acids is 1. The predicted molar refractivity (Wildman–Crippen MR) is 46.6 cm³/mol. The summed E-state index contributed by atoms with van der Waals surface area (Å²) >= 11 is 0. The fourth-order valence-corrected chi connectivity index (χ4v) is 1.06. The second kappa shape index (κ2) is 3.44. The van der Waals surface area contributed by atoms with Crippen LogP contribution in [0.1, 0.15) is 33.6 Å². The first-order valence-electron chi connectivity index (χ1n) is 4.44. The standard InChI is InChI=1S/C9H17NO2/c1-9(2,3)8(11)12-7-5-4-6-10-7/h7,10H,4-6H2,1-3H3. The molecule has 0 aliphatic carbocycles. The van der Waals surface area contributed by atoms with Crippen molar-refractivity contribution in [2.75, 3.05) is 6.54 Å². The Morgan fingerprint density at radius 3 is 2.58 bits per heavy atom. The summed E-state index contributed by atoms with van der Waals surface area (Å²) in [6.45, 7) is 6.56. The van der Waals surface area contributed by atoms with Gasteiger partial charge >= 0.3 is 5.97 Å². The van der Waals surface area contributed by atoms with E-state index in [9.17, 15) is 4.79 Å². The van der Waals surface area contributed by atoms with E-state index in [1.165, 1.54) is 0 Å². The summed E-state index contributed by atoms with van der Waals surface area (Å²) in [5, 5.41) is 3.12. The fraction of sp³-hybridized carbons (Fsp3) is 0.889. The molecule has 1 N–H and O–H groups in total. The molecular formula is C9H17NO2. The molecule has 3 nitrogen and oxygen atoms in total. The lowest BCUT2D eigenvalue weighted by Gasteiger charge is -2.20. The van der Waals surface area contributed by atoms with Gasteiger partial charge in [-0.1, -0.05) is 0 Å². The van der Waals surface area contributed by atoms with E-state index in [1.807, 2.05) is 20.8 Å². The van der Waals surface area contributed by atoms with Crippen molar-refractivity contribution in [3.63, 3.8) is 0 Å². The number of rotatable bonds is 1. The van der Waals surface area contributed by atoms with Crippen LogP contribution in [-0.4, -0.2) is 18.7 Å². The molecule has 0 radical (unpaired) electrons. The van der Waals surface area contributed by atoms with Crippen molar-refractivity contribution in [1.29, 1.82) is 0 Å². The van der Waals surface area contributed by atoms with Crippen molar-refractivity contribution >= 4 is 5.97 Å². The molecule has 0 aromatic carbocycles. The Morgan fingerprint density at radius 2 is 2.17 bits per heavy atom. The topological polar surface area (TPSA) is 38.3 Å². The number of nitrogens with one attached hydrogen (secondary N) is 1. The molecule has 1 rings (SSSR count). The highest BCUT2D eigenvalue weighted by Gasteiger charge is 2.27. The quantitative estimate of drug-likeness (QED) is 0.604. The molecule has 0 spiro atoms. The Kier molecular flexibility index (Phi) is 2.73. The molecule has 1 aliphatic heterocycles. The summed E-state index contributed by atoms with van der Waals surface area (Å²) in [5.74, 6) is -0.123. The summed E-state index contributed by atoms with van der Waals surface area (Å²) in [6.07, 6.45) is 2.00. The Morgan fingerprint density at radius 1 is 1.50 bits per heavy atom. The molecule has 0 amide bonds. The van der Waals surface area contributed by atoms with E-state index in [0.717, 1.165) is 19.4 Å². The maximum absolute atomic E-state index is 11.4. The first kappa shape index (κ1) is 9.52. The van der Waals surface area contributed by atoms with Gasteiger partial charge in [-0.25, -0.2) is 0 Å². The van der Waals surface area contributed by atoms with Crippen LogP contribution in [-0.2, 0) is 9.53 Å². The molecule has 0 aromatic rings. The Bertz CT molecular complexity index is 166. The van der Waals surface area contributed by atoms with E-state index in [4.69, 9.17) is 4.74 Å². The van der Waals surface area contributed by atoms with E-state index in [-0.39, 0.29) is 17.6 Å². The number of carbonyl (C=O) groups is 1. The lowest BCUT2D eigenvalue weighted by atomic mass is 9.97. The Balaban J connectivity index is 2.35. The van der Waals surface area contributed by atoms with E-state index in [1.54, 1.807) is 0 Å². The van der Waals surface area contributed by atoms with Crippen LogP contribution in [0.25, 0.3) is 0 Å².